The van der Waals surface area contributed by atoms with Crippen molar-refractivity contribution in [3.8, 4) is 0 Å². The number of hydrogen-bond acceptors (Lipinski definition) is 1. The molecule has 1 aliphatic carbocycles. The predicted octanol–water partition coefficient (Wildman–Crippen LogP) is 4.59. The van der Waals surface area contributed by atoms with Gasteiger partial charge in [-0.1, -0.05) is 37.8 Å². The molecule has 1 atom stereocenters. The number of rotatable bonds is 2. The monoisotopic (exact) mass is 273 g/mol. The van der Waals surface area contributed by atoms with E-state index in [1.807, 2.05) is 0 Å². The van der Waals surface area contributed by atoms with Crippen LogP contribution in [0.3, 0.4) is 0 Å². The summed E-state index contributed by atoms with van der Waals surface area (Å²) in [5, 5.41) is 0.216. The normalized spacial score (nSPS) is 20.7. The molecule has 2 N–H and O–H groups in total. The third-order valence-electron chi connectivity index (χ3n) is 4.12. The standard InChI is InChI=1S/C14H18ClF2N/c1-14(5-3-2-4-6-14)13(18)9-7-11(16)12(17)8-10(9)15/h7-8,13H,2-6,18H2,1H3. The minimum atomic E-state index is -0.926. The van der Waals surface area contributed by atoms with E-state index in [0.29, 0.717) is 5.56 Å². The van der Waals surface area contributed by atoms with Crippen LogP contribution in [-0.2, 0) is 0 Å². The zero-order valence-electron chi connectivity index (χ0n) is 10.5. The zero-order chi connectivity index (χ0) is 13.3. The van der Waals surface area contributed by atoms with E-state index in [-0.39, 0.29) is 16.5 Å². The van der Waals surface area contributed by atoms with Crippen LogP contribution >= 0.6 is 11.6 Å². The van der Waals surface area contributed by atoms with Gasteiger partial charge >= 0.3 is 0 Å². The van der Waals surface area contributed by atoms with Gasteiger partial charge in [-0.15, -0.1) is 0 Å². The fraction of sp³-hybridized carbons (Fsp3) is 0.571. The molecule has 1 aromatic rings. The van der Waals surface area contributed by atoms with Gasteiger partial charge in [0, 0.05) is 11.1 Å². The van der Waals surface area contributed by atoms with E-state index >= 15 is 0 Å². The Balaban J connectivity index is 2.33. The summed E-state index contributed by atoms with van der Waals surface area (Å²) in [7, 11) is 0. The van der Waals surface area contributed by atoms with Crippen LogP contribution < -0.4 is 5.73 Å². The molecule has 1 unspecified atom stereocenters. The van der Waals surface area contributed by atoms with E-state index in [0.717, 1.165) is 37.8 Å². The van der Waals surface area contributed by atoms with Gasteiger partial charge in [0.15, 0.2) is 11.6 Å². The molecule has 0 aromatic heterocycles. The highest BCUT2D eigenvalue weighted by Crippen LogP contribution is 2.45. The predicted molar refractivity (Wildman–Crippen MR) is 69.5 cm³/mol. The Labute approximate surface area is 111 Å². The van der Waals surface area contributed by atoms with E-state index in [4.69, 9.17) is 17.3 Å². The summed E-state index contributed by atoms with van der Waals surface area (Å²) in [6.07, 6.45) is 5.48. The second-order valence-electron chi connectivity index (χ2n) is 5.48. The van der Waals surface area contributed by atoms with Crippen LogP contribution in [0, 0.1) is 17.0 Å². The van der Waals surface area contributed by atoms with E-state index < -0.39 is 11.6 Å². The third kappa shape index (κ3) is 2.52. The highest BCUT2D eigenvalue weighted by molar-refractivity contribution is 6.31. The quantitative estimate of drug-likeness (QED) is 0.784. The summed E-state index contributed by atoms with van der Waals surface area (Å²) in [6.45, 7) is 2.11. The molecule has 0 saturated heterocycles. The number of hydrogen-bond donors (Lipinski definition) is 1. The van der Waals surface area contributed by atoms with Crippen molar-refractivity contribution in [2.75, 3.05) is 0 Å². The smallest absolute Gasteiger partial charge is 0.160 e. The lowest BCUT2D eigenvalue weighted by molar-refractivity contribution is 0.170. The first kappa shape index (κ1) is 13.8. The molecular formula is C14H18ClF2N. The molecular weight excluding hydrogens is 256 g/mol. The summed E-state index contributed by atoms with van der Waals surface area (Å²) in [5.41, 5.74) is 6.69. The first-order valence-electron chi connectivity index (χ1n) is 6.34. The molecule has 18 heavy (non-hydrogen) atoms. The Kier molecular flexibility index (Phi) is 3.93. The SMILES string of the molecule is CC1(C(N)c2cc(F)c(F)cc2Cl)CCCCC1. The van der Waals surface area contributed by atoms with Crippen LogP contribution in [0.25, 0.3) is 0 Å². The highest BCUT2D eigenvalue weighted by Gasteiger charge is 2.35. The molecule has 2 rings (SSSR count). The van der Waals surface area contributed by atoms with Gasteiger partial charge in [0.2, 0.25) is 0 Å². The molecule has 0 radical (unpaired) electrons. The minimum Gasteiger partial charge on any atom is -0.323 e. The van der Waals surface area contributed by atoms with E-state index in [1.54, 1.807) is 0 Å². The van der Waals surface area contributed by atoms with Crippen molar-refractivity contribution in [2.24, 2.45) is 11.1 Å². The highest BCUT2D eigenvalue weighted by atomic mass is 35.5. The number of halogens is 3. The van der Waals surface area contributed by atoms with Crippen molar-refractivity contribution >= 4 is 11.6 Å². The van der Waals surface area contributed by atoms with Crippen molar-refractivity contribution < 1.29 is 8.78 Å². The molecule has 0 spiro atoms. The Bertz CT molecular complexity index is 442. The summed E-state index contributed by atoms with van der Waals surface area (Å²) < 4.78 is 26.4. The van der Waals surface area contributed by atoms with Crippen LogP contribution in [0.2, 0.25) is 5.02 Å². The van der Waals surface area contributed by atoms with Crippen molar-refractivity contribution in [1.29, 1.82) is 0 Å². The topological polar surface area (TPSA) is 26.0 Å². The third-order valence-corrected chi connectivity index (χ3v) is 4.45. The van der Waals surface area contributed by atoms with Gasteiger partial charge in [-0.25, -0.2) is 8.78 Å². The van der Waals surface area contributed by atoms with Crippen LogP contribution in [-0.4, -0.2) is 0 Å². The Morgan fingerprint density at radius 3 is 2.33 bits per heavy atom. The van der Waals surface area contributed by atoms with Gasteiger partial charge < -0.3 is 5.73 Å². The van der Waals surface area contributed by atoms with Crippen molar-refractivity contribution in [3.63, 3.8) is 0 Å². The summed E-state index contributed by atoms with van der Waals surface area (Å²) in [6, 6.07) is 1.81. The van der Waals surface area contributed by atoms with E-state index in [9.17, 15) is 8.78 Å². The molecule has 1 fully saturated rings. The Morgan fingerprint density at radius 1 is 1.17 bits per heavy atom. The van der Waals surface area contributed by atoms with Gasteiger partial charge in [-0.05, 0) is 36.0 Å². The summed E-state index contributed by atoms with van der Waals surface area (Å²) in [4.78, 5) is 0. The molecule has 100 valence electrons. The fourth-order valence-electron chi connectivity index (χ4n) is 2.82. The van der Waals surface area contributed by atoms with E-state index in [1.165, 1.54) is 6.42 Å². The molecule has 0 amide bonds. The van der Waals surface area contributed by atoms with Crippen molar-refractivity contribution in [3.05, 3.63) is 34.4 Å². The molecule has 1 saturated carbocycles. The van der Waals surface area contributed by atoms with Crippen LogP contribution in [0.5, 0.6) is 0 Å². The lowest BCUT2D eigenvalue weighted by Crippen LogP contribution is -2.34. The van der Waals surface area contributed by atoms with Crippen molar-refractivity contribution in [2.45, 2.75) is 45.1 Å². The van der Waals surface area contributed by atoms with Crippen molar-refractivity contribution in [1.82, 2.24) is 0 Å². The van der Waals surface area contributed by atoms with Gasteiger partial charge in [0.1, 0.15) is 0 Å². The number of nitrogens with two attached hydrogens (primary N) is 1. The molecule has 0 aliphatic heterocycles. The summed E-state index contributed by atoms with van der Waals surface area (Å²) in [5.74, 6) is -1.81. The largest absolute Gasteiger partial charge is 0.323 e. The van der Waals surface area contributed by atoms with Crippen LogP contribution in [0.1, 0.15) is 50.6 Å². The Morgan fingerprint density at radius 2 is 1.72 bits per heavy atom. The average molecular weight is 274 g/mol. The van der Waals surface area contributed by atoms with Gasteiger partial charge in [0.25, 0.3) is 0 Å². The maximum absolute atomic E-state index is 13.3. The second kappa shape index (κ2) is 5.14. The van der Waals surface area contributed by atoms with Gasteiger partial charge in [-0.2, -0.15) is 0 Å². The summed E-state index contributed by atoms with van der Waals surface area (Å²) >= 11 is 5.99. The van der Waals surface area contributed by atoms with Crippen LogP contribution in [0.15, 0.2) is 12.1 Å². The maximum atomic E-state index is 13.3. The molecule has 0 heterocycles. The van der Waals surface area contributed by atoms with Gasteiger partial charge in [-0.3, -0.25) is 0 Å². The second-order valence-corrected chi connectivity index (χ2v) is 5.89. The van der Waals surface area contributed by atoms with Gasteiger partial charge in [0.05, 0.1) is 0 Å². The zero-order valence-corrected chi connectivity index (χ0v) is 11.2. The lowest BCUT2D eigenvalue weighted by Gasteiger charge is -2.39. The first-order valence-corrected chi connectivity index (χ1v) is 6.72. The molecule has 1 nitrogen and oxygen atoms in total. The molecule has 4 heteroatoms. The first-order chi connectivity index (χ1) is 8.44. The number of benzene rings is 1. The maximum Gasteiger partial charge on any atom is 0.160 e. The lowest BCUT2D eigenvalue weighted by atomic mass is 9.69. The minimum absolute atomic E-state index is 0.0772. The molecule has 1 aliphatic rings. The average Bonchev–Trinajstić information content (AvgIpc) is 2.34. The molecule has 1 aromatic carbocycles. The fourth-order valence-corrected chi connectivity index (χ4v) is 3.09. The Hall–Kier alpha value is -0.670. The van der Waals surface area contributed by atoms with E-state index in [2.05, 4.69) is 6.92 Å². The van der Waals surface area contributed by atoms with Crippen LogP contribution in [0.4, 0.5) is 8.78 Å². The molecule has 0 bridgehead atoms.